The number of aromatic nitrogens is 4. The van der Waals surface area contributed by atoms with Crippen molar-refractivity contribution in [3.05, 3.63) is 47.7 Å². The lowest BCUT2D eigenvalue weighted by Crippen LogP contribution is -2.33. The van der Waals surface area contributed by atoms with Crippen molar-refractivity contribution in [1.29, 1.82) is 0 Å². The second-order valence-corrected chi connectivity index (χ2v) is 10.5. The normalized spacial score (nSPS) is 15.9. The highest BCUT2D eigenvalue weighted by atomic mass is 32.2. The summed E-state index contributed by atoms with van der Waals surface area (Å²) in [6, 6.07) is 8.04. The van der Waals surface area contributed by atoms with Crippen LogP contribution in [0.3, 0.4) is 0 Å². The Morgan fingerprint density at radius 3 is 2.53 bits per heavy atom. The van der Waals surface area contributed by atoms with Crippen LogP contribution >= 0.6 is 11.8 Å². The molecule has 10 heteroatoms. The number of thioether (sulfide) groups is 1. The van der Waals surface area contributed by atoms with Crippen molar-refractivity contribution in [2.75, 3.05) is 24.2 Å². The fraction of sp³-hybridized carbons (Fsp3) is 0.500. The number of hydrogen-bond donors (Lipinski definition) is 1. The molecule has 1 aromatic carbocycles. The maximum atomic E-state index is 13.6. The molecule has 1 aliphatic heterocycles. The van der Waals surface area contributed by atoms with E-state index in [1.54, 1.807) is 18.2 Å². The molecule has 182 valence electrons. The van der Waals surface area contributed by atoms with E-state index in [0.29, 0.717) is 11.0 Å². The molecule has 0 aliphatic carbocycles. The molecular weight excluding hydrogens is 455 g/mol. The van der Waals surface area contributed by atoms with Gasteiger partial charge in [0.05, 0.1) is 17.5 Å². The Bertz CT molecular complexity index is 1120. The Balaban J connectivity index is 1.51. The summed E-state index contributed by atoms with van der Waals surface area (Å²) in [6.45, 7) is 10.2. The first-order valence-corrected chi connectivity index (χ1v) is 12.6. The number of anilines is 1. The number of likely N-dealkylation sites (tertiary alicyclic amines) is 1. The van der Waals surface area contributed by atoms with Gasteiger partial charge in [0.25, 0.3) is 0 Å². The van der Waals surface area contributed by atoms with Crippen LogP contribution in [0.5, 0.6) is 0 Å². The molecule has 0 bridgehead atoms. The molecule has 0 saturated carbocycles. The van der Waals surface area contributed by atoms with E-state index in [2.05, 4.69) is 32.5 Å². The molecule has 0 unspecified atom stereocenters. The van der Waals surface area contributed by atoms with Crippen LogP contribution < -0.4 is 5.32 Å². The number of benzene rings is 1. The summed E-state index contributed by atoms with van der Waals surface area (Å²) in [6.07, 6.45) is 3.57. The van der Waals surface area contributed by atoms with Gasteiger partial charge in [-0.1, -0.05) is 44.1 Å². The molecule has 3 aromatic rings. The minimum absolute atomic E-state index is 0.0473. The predicted octanol–water partition coefficient (Wildman–Crippen LogP) is 4.97. The van der Waals surface area contributed by atoms with Crippen molar-refractivity contribution in [3.8, 4) is 5.69 Å². The number of nitrogens with one attached hydrogen (secondary N) is 1. The summed E-state index contributed by atoms with van der Waals surface area (Å²) in [5.41, 5.74) is 1.36. The first kappa shape index (κ1) is 24.4. The highest BCUT2D eigenvalue weighted by Crippen LogP contribution is 2.30. The molecular formula is C24H31FN6O2S. The maximum absolute atomic E-state index is 13.6. The molecule has 0 radical (unpaired) electrons. The molecule has 34 heavy (non-hydrogen) atoms. The van der Waals surface area contributed by atoms with Crippen molar-refractivity contribution in [2.24, 2.45) is 0 Å². The SMILES string of the molecule is C[C@@H](c1nnc(SCC(=O)Nc2cc(C(C)(C)C)no2)n1-c1ccc(F)cc1)N1CCCCC1. The van der Waals surface area contributed by atoms with Crippen LogP contribution in [0.15, 0.2) is 40.0 Å². The standard InChI is InChI=1S/C24H31FN6O2S/c1-16(30-12-6-5-7-13-30)22-27-28-23(31(22)18-10-8-17(25)9-11-18)34-15-20(32)26-21-14-19(29-33-21)24(2,3)4/h8-11,14,16H,5-7,12-13,15H2,1-4H3,(H,26,32)/t16-/m0/s1. The van der Waals surface area contributed by atoms with Crippen molar-refractivity contribution in [3.63, 3.8) is 0 Å². The Morgan fingerprint density at radius 2 is 1.88 bits per heavy atom. The molecule has 3 heterocycles. The van der Waals surface area contributed by atoms with Crippen LogP contribution in [0.2, 0.25) is 0 Å². The molecule has 8 nitrogen and oxygen atoms in total. The minimum Gasteiger partial charge on any atom is -0.338 e. The third-order valence-corrected chi connectivity index (χ3v) is 6.86. The number of carbonyl (C=O) groups excluding carboxylic acids is 1. The molecule has 4 rings (SSSR count). The quantitative estimate of drug-likeness (QED) is 0.472. The van der Waals surface area contributed by atoms with Crippen molar-refractivity contribution < 1.29 is 13.7 Å². The number of carbonyl (C=O) groups is 1. The monoisotopic (exact) mass is 486 g/mol. The minimum atomic E-state index is -0.308. The Morgan fingerprint density at radius 1 is 1.18 bits per heavy atom. The average Bonchev–Trinajstić information content (AvgIpc) is 3.46. The fourth-order valence-electron chi connectivity index (χ4n) is 3.94. The number of piperidine rings is 1. The van der Waals surface area contributed by atoms with Crippen LogP contribution in [0.4, 0.5) is 10.3 Å². The lowest BCUT2D eigenvalue weighted by molar-refractivity contribution is -0.113. The molecule has 1 atom stereocenters. The zero-order valence-electron chi connectivity index (χ0n) is 20.0. The van der Waals surface area contributed by atoms with Gasteiger partial charge in [0.15, 0.2) is 11.0 Å². The number of rotatable bonds is 7. The van der Waals surface area contributed by atoms with E-state index < -0.39 is 0 Å². The largest absolute Gasteiger partial charge is 0.338 e. The van der Waals surface area contributed by atoms with Crippen LogP contribution in [0.1, 0.15) is 64.5 Å². The zero-order chi connectivity index (χ0) is 24.3. The first-order valence-electron chi connectivity index (χ1n) is 11.6. The molecule has 1 N–H and O–H groups in total. The molecule has 0 spiro atoms. The first-order chi connectivity index (χ1) is 16.2. The maximum Gasteiger partial charge on any atom is 0.237 e. The van der Waals surface area contributed by atoms with Gasteiger partial charge in [0.1, 0.15) is 5.82 Å². The van der Waals surface area contributed by atoms with E-state index in [9.17, 15) is 9.18 Å². The van der Waals surface area contributed by atoms with E-state index >= 15 is 0 Å². The number of hydrogen-bond acceptors (Lipinski definition) is 7. The molecule has 1 fully saturated rings. The molecule has 1 saturated heterocycles. The van der Waals surface area contributed by atoms with Crippen molar-refractivity contribution >= 4 is 23.6 Å². The van der Waals surface area contributed by atoms with Crippen LogP contribution in [-0.2, 0) is 10.2 Å². The Kier molecular flexibility index (Phi) is 7.37. The van der Waals surface area contributed by atoms with Gasteiger partial charge in [0.2, 0.25) is 11.8 Å². The second-order valence-electron chi connectivity index (χ2n) is 9.59. The molecule has 1 aliphatic rings. The number of nitrogens with zero attached hydrogens (tertiary/aromatic N) is 5. The van der Waals surface area contributed by atoms with Gasteiger partial charge in [-0.25, -0.2) is 4.39 Å². The highest BCUT2D eigenvalue weighted by Gasteiger charge is 2.26. The van der Waals surface area contributed by atoms with Crippen LogP contribution in [0, 0.1) is 5.82 Å². The summed E-state index contributed by atoms with van der Waals surface area (Å²) >= 11 is 1.27. The summed E-state index contributed by atoms with van der Waals surface area (Å²) in [4.78, 5) is 15.0. The third-order valence-electron chi connectivity index (χ3n) is 5.93. The van der Waals surface area contributed by atoms with Crippen molar-refractivity contribution in [2.45, 2.75) is 63.6 Å². The van der Waals surface area contributed by atoms with Gasteiger partial charge in [-0.3, -0.25) is 19.6 Å². The summed E-state index contributed by atoms with van der Waals surface area (Å²) in [7, 11) is 0. The van der Waals surface area contributed by atoms with Crippen LogP contribution in [0.25, 0.3) is 5.69 Å². The van der Waals surface area contributed by atoms with Crippen molar-refractivity contribution in [1.82, 2.24) is 24.8 Å². The lowest BCUT2D eigenvalue weighted by atomic mass is 9.92. The third kappa shape index (κ3) is 5.67. The number of amides is 1. The smallest absolute Gasteiger partial charge is 0.237 e. The molecule has 2 aromatic heterocycles. The summed E-state index contributed by atoms with van der Waals surface area (Å²) in [5.74, 6) is 0.665. The van der Waals surface area contributed by atoms with E-state index in [1.165, 1.54) is 30.3 Å². The topological polar surface area (TPSA) is 89.1 Å². The zero-order valence-corrected chi connectivity index (χ0v) is 20.9. The van der Waals surface area contributed by atoms with Gasteiger partial charge >= 0.3 is 0 Å². The fourth-order valence-corrected chi connectivity index (χ4v) is 4.70. The van der Waals surface area contributed by atoms with Gasteiger partial charge < -0.3 is 4.52 Å². The molecule has 1 amide bonds. The Labute approximate surface area is 203 Å². The van der Waals surface area contributed by atoms with Gasteiger partial charge in [-0.2, -0.15) is 0 Å². The second kappa shape index (κ2) is 10.3. The number of halogens is 1. The Hall–Kier alpha value is -2.72. The van der Waals surface area contributed by atoms with E-state index in [4.69, 9.17) is 4.52 Å². The van der Waals surface area contributed by atoms with E-state index in [1.807, 2.05) is 25.3 Å². The predicted molar refractivity (Wildman–Crippen MR) is 130 cm³/mol. The average molecular weight is 487 g/mol. The van der Waals surface area contributed by atoms with Gasteiger partial charge in [-0.15, -0.1) is 10.2 Å². The van der Waals surface area contributed by atoms with Crippen LogP contribution in [-0.4, -0.2) is 49.6 Å². The van der Waals surface area contributed by atoms with Gasteiger partial charge in [-0.05, 0) is 57.1 Å². The highest BCUT2D eigenvalue weighted by molar-refractivity contribution is 7.99. The summed E-state index contributed by atoms with van der Waals surface area (Å²) < 4.78 is 20.8. The van der Waals surface area contributed by atoms with E-state index in [-0.39, 0.29) is 28.9 Å². The summed E-state index contributed by atoms with van der Waals surface area (Å²) in [5, 5.41) is 16.2. The lowest BCUT2D eigenvalue weighted by Gasteiger charge is -2.31. The van der Waals surface area contributed by atoms with Gasteiger partial charge in [0, 0.05) is 17.2 Å². The van der Waals surface area contributed by atoms with E-state index in [0.717, 1.165) is 43.1 Å².